The fourth-order valence-corrected chi connectivity index (χ4v) is 1.90. The molecule has 1 rings (SSSR count). The fourth-order valence-electron chi connectivity index (χ4n) is 1.38. The minimum Gasteiger partial charge on any atom is -0.392 e. The summed E-state index contributed by atoms with van der Waals surface area (Å²) in [5.74, 6) is 0. The molecule has 1 aromatic rings. The van der Waals surface area contributed by atoms with Crippen LogP contribution in [0.3, 0.4) is 0 Å². The Kier molecular flexibility index (Phi) is 6.94. The van der Waals surface area contributed by atoms with Gasteiger partial charge in [0.25, 0.3) is 0 Å². The quantitative estimate of drug-likeness (QED) is 0.608. The van der Waals surface area contributed by atoms with Crippen molar-refractivity contribution in [3.8, 4) is 0 Å². The molecule has 0 spiro atoms. The van der Waals surface area contributed by atoms with E-state index in [4.69, 9.17) is 28.3 Å². The highest BCUT2D eigenvalue weighted by Crippen LogP contribution is 2.22. The monoisotopic (exact) mass is 305 g/mol. The van der Waals surface area contributed by atoms with Gasteiger partial charge in [-0.05, 0) is 25.1 Å². The molecule has 0 saturated heterocycles. The van der Waals surface area contributed by atoms with Crippen molar-refractivity contribution in [1.82, 2.24) is 10.6 Å². The largest absolute Gasteiger partial charge is 0.392 e. The average molecular weight is 306 g/mol. The Labute approximate surface area is 122 Å². The van der Waals surface area contributed by atoms with Gasteiger partial charge in [-0.1, -0.05) is 23.2 Å². The van der Waals surface area contributed by atoms with Crippen LogP contribution in [0.1, 0.15) is 6.92 Å². The molecule has 19 heavy (non-hydrogen) atoms. The highest BCUT2D eigenvalue weighted by atomic mass is 35.5. The number of anilines is 1. The predicted octanol–water partition coefficient (Wildman–Crippen LogP) is 2.09. The van der Waals surface area contributed by atoms with Crippen LogP contribution in [-0.2, 0) is 0 Å². The van der Waals surface area contributed by atoms with Gasteiger partial charge in [-0.2, -0.15) is 0 Å². The lowest BCUT2D eigenvalue weighted by Crippen LogP contribution is -2.36. The number of carbonyl (C=O) groups is 1. The van der Waals surface area contributed by atoms with E-state index >= 15 is 0 Å². The smallest absolute Gasteiger partial charge is 0.319 e. The Balaban J connectivity index is 2.27. The van der Waals surface area contributed by atoms with Gasteiger partial charge in [0.05, 0.1) is 6.10 Å². The third kappa shape index (κ3) is 7.22. The zero-order valence-electron chi connectivity index (χ0n) is 10.5. The lowest BCUT2D eigenvalue weighted by molar-refractivity contribution is 0.191. The summed E-state index contributed by atoms with van der Waals surface area (Å²) in [6, 6.07) is 4.47. The van der Waals surface area contributed by atoms with Crippen molar-refractivity contribution in [2.75, 3.05) is 25.0 Å². The molecule has 106 valence electrons. The lowest BCUT2D eigenvalue weighted by atomic mass is 10.3. The van der Waals surface area contributed by atoms with Crippen molar-refractivity contribution >= 4 is 34.9 Å². The maximum absolute atomic E-state index is 11.5. The average Bonchev–Trinajstić information content (AvgIpc) is 2.26. The molecule has 1 aromatic carbocycles. The van der Waals surface area contributed by atoms with Gasteiger partial charge in [0, 0.05) is 35.4 Å². The van der Waals surface area contributed by atoms with Crippen LogP contribution in [0.25, 0.3) is 0 Å². The fraction of sp³-hybridized carbons (Fsp3) is 0.417. The van der Waals surface area contributed by atoms with Crippen LogP contribution in [0.15, 0.2) is 18.2 Å². The minimum atomic E-state index is -0.401. The van der Waals surface area contributed by atoms with Crippen LogP contribution in [-0.4, -0.2) is 36.9 Å². The minimum absolute atomic E-state index is 0.336. The molecule has 0 heterocycles. The number of hydrogen-bond donors (Lipinski definition) is 4. The highest BCUT2D eigenvalue weighted by Gasteiger charge is 2.03. The number of aliphatic hydroxyl groups is 1. The molecule has 0 saturated carbocycles. The van der Waals surface area contributed by atoms with E-state index in [0.29, 0.717) is 35.4 Å². The van der Waals surface area contributed by atoms with E-state index < -0.39 is 6.10 Å². The number of rotatable bonds is 6. The molecule has 0 aromatic heterocycles. The van der Waals surface area contributed by atoms with Crippen LogP contribution < -0.4 is 16.0 Å². The normalized spacial score (nSPS) is 12.0. The summed E-state index contributed by atoms with van der Waals surface area (Å²) in [6.45, 7) is 3.21. The summed E-state index contributed by atoms with van der Waals surface area (Å²) in [5.41, 5.74) is 0.534. The van der Waals surface area contributed by atoms with Crippen LogP contribution in [0.2, 0.25) is 10.0 Å². The van der Waals surface area contributed by atoms with Gasteiger partial charge < -0.3 is 21.1 Å². The van der Waals surface area contributed by atoms with Gasteiger partial charge in [-0.15, -0.1) is 0 Å². The number of halogens is 2. The van der Waals surface area contributed by atoms with Crippen LogP contribution in [0.4, 0.5) is 10.5 Å². The van der Waals surface area contributed by atoms with Gasteiger partial charge in [0.2, 0.25) is 0 Å². The molecule has 2 amide bonds. The third-order valence-corrected chi connectivity index (χ3v) is 2.58. The second kappa shape index (κ2) is 8.22. The van der Waals surface area contributed by atoms with E-state index in [9.17, 15) is 4.79 Å². The molecule has 7 heteroatoms. The zero-order valence-corrected chi connectivity index (χ0v) is 12.1. The molecule has 0 fully saturated rings. The molecular weight excluding hydrogens is 289 g/mol. The van der Waals surface area contributed by atoms with Gasteiger partial charge in [0.15, 0.2) is 0 Å². The molecule has 0 aliphatic heterocycles. The van der Waals surface area contributed by atoms with E-state index in [1.54, 1.807) is 25.1 Å². The first-order chi connectivity index (χ1) is 8.97. The molecule has 0 aliphatic carbocycles. The summed E-state index contributed by atoms with van der Waals surface area (Å²) in [5, 5.41) is 18.2. The Bertz CT molecular complexity index is 407. The molecule has 0 bridgehead atoms. The van der Waals surface area contributed by atoms with Crippen LogP contribution >= 0.6 is 23.2 Å². The van der Waals surface area contributed by atoms with Crippen LogP contribution in [0, 0.1) is 0 Å². The summed E-state index contributed by atoms with van der Waals surface area (Å²) in [6.07, 6.45) is -0.401. The highest BCUT2D eigenvalue weighted by molar-refractivity contribution is 6.35. The SMILES string of the molecule is CC(O)CNCCNC(=O)Nc1cc(Cl)cc(Cl)c1. The summed E-state index contributed by atoms with van der Waals surface area (Å²) < 4.78 is 0. The predicted molar refractivity (Wildman–Crippen MR) is 78.0 cm³/mol. The first-order valence-electron chi connectivity index (χ1n) is 5.87. The number of aliphatic hydroxyl groups excluding tert-OH is 1. The number of hydrogen-bond acceptors (Lipinski definition) is 3. The van der Waals surface area contributed by atoms with Gasteiger partial charge in [-0.25, -0.2) is 4.79 Å². The van der Waals surface area contributed by atoms with Gasteiger partial charge >= 0.3 is 6.03 Å². The standard InChI is InChI=1S/C12H17Cl2N3O2/c1-8(18)7-15-2-3-16-12(19)17-11-5-9(13)4-10(14)6-11/h4-6,8,15,18H,2-3,7H2,1H3,(H2,16,17,19). The van der Waals surface area contributed by atoms with Crippen molar-refractivity contribution in [2.24, 2.45) is 0 Å². The molecule has 1 atom stereocenters. The third-order valence-electron chi connectivity index (χ3n) is 2.15. The Hall–Kier alpha value is -1.01. The van der Waals surface area contributed by atoms with Crippen LogP contribution in [0.5, 0.6) is 0 Å². The van der Waals surface area contributed by atoms with Crippen molar-refractivity contribution < 1.29 is 9.90 Å². The number of benzene rings is 1. The van der Waals surface area contributed by atoms with Gasteiger partial charge in [0.1, 0.15) is 0 Å². The van der Waals surface area contributed by atoms with E-state index in [1.165, 1.54) is 0 Å². The second-order valence-corrected chi connectivity index (χ2v) is 4.97. The summed E-state index contributed by atoms with van der Waals surface area (Å²) >= 11 is 11.6. The first kappa shape index (κ1) is 16.0. The Morgan fingerprint density at radius 2 is 1.89 bits per heavy atom. The number of urea groups is 1. The first-order valence-corrected chi connectivity index (χ1v) is 6.62. The van der Waals surface area contributed by atoms with E-state index in [1.807, 2.05) is 0 Å². The second-order valence-electron chi connectivity index (χ2n) is 4.09. The van der Waals surface area contributed by atoms with Gasteiger partial charge in [-0.3, -0.25) is 0 Å². The van der Waals surface area contributed by atoms with Crippen molar-refractivity contribution in [2.45, 2.75) is 13.0 Å². The molecule has 0 aliphatic rings. The molecular formula is C12H17Cl2N3O2. The topological polar surface area (TPSA) is 73.4 Å². The van der Waals surface area contributed by atoms with E-state index in [2.05, 4.69) is 16.0 Å². The van der Waals surface area contributed by atoms with Crippen molar-refractivity contribution in [1.29, 1.82) is 0 Å². The number of carbonyl (C=O) groups excluding carboxylic acids is 1. The summed E-state index contributed by atoms with van der Waals surface area (Å²) in [4.78, 5) is 11.5. The lowest BCUT2D eigenvalue weighted by Gasteiger charge is -2.10. The summed E-state index contributed by atoms with van der Waals surface area (Å²) in [7, 11) is 0. The molecule has 4 N–H and O–H groups in total. The molecule has 1 unspecified atom stereocenters. The maximum atomic E-state index is 11.5. The molecule has 5 nitrogen and oxygen atoms in total. The van der Waals surface area contributed by atoms with Crippen molar-refractivity contribution in [3.05, 3.63) is 28.2 Å². The zero-order chi connectivity index (χ0) is 14.3. The molecule has 0 radical (unpaired) electrons. The van der Waals surface area contributed by atoms with Crippen molar-refractivity contribution in [3.63, 3.8) is 0 Å². The Morgan fingerprint density at radius 1 is 1.26 bits per heavy atom. The van der Waals surface area contributed by atoms with E-state index in [0.717, 1.165) is 0 Å². The Morgan fingerprint density at radius 3 is 2.47 bits per heavy atom. The number of nitrogens with one attached hydrogen (secondary N) is 3. The maximum Gasteiger partial charge on any atom is 0.319 e. The van der Waals surface area contributed by atoms with E-state index in [-0.39, 0.29) is 6.03 Å². The number of amides is 2.